The molecule has 0 saturated heterocycles. The van der Waals surface area contributed by atoms with Crippen molar-refractivity contribution in [3.8, 4) is 5.75 Å². The van der Waals surface area contributed by atoms with Crippen molar-refractivity contribution in [1.82, 2.24) is 0 Å². The van der Waals surface area contributed by atoms with Gasteiger partial charge in [0, 0.05) is 23.7 Å². The van der Waals surface area contributed by atoms with Crippen LogP contribution < -0.4 is 10.5 Å². The first-order chi connectivity index (χ1) is 7.54. The maximum absolute atomic E-state index is 10.6. The maximum Gasteiger partial charge on any atom is 0.269 e. The molecule has 1 atom stereocenters. The van der Waals surface area contributed by atoms with Crippen LogP contribution in [-0.4, -0.2) is 17.6 Å². The number of nitro groups is 1. The zero-order chi connectivity index (χ0) is 12.1. The number of ether oxygens (including phenoxy) is 1. The molecule has 0 fully saturated rings. The monoisotopic (exact) mass is 224 g/mol. The lowest BCUT2D eigenvalue weighted by atomic mass is 10.1. The zero-order valence-corrected chi connectivity index (χ0v) is 9.47. The second-order valence-corrected chi connectivity index (χ2v) is 3.66. The van der Waals surface area contributed by atoms with E-state index >= 15 is 0 Å². The third kappa shape index (κ3) is 3.20. The molecule has 0 aliphatic heterocycles. The smallest absolute Gasteiger partial charge is 0.269 e. The fraction of sp³-hybridized carbons (Fsp3) is 0.455. The van der Waals surface area contributed by atoms with Crippen LogP contribution in [0.4, 0.5) is 5.69 Å². The van der Waals surface area contributed by atoms with Gasteiger partial charge in [0.25, 0.3) is 5.69 Å². The van der Waals surface area contributed by atoms with Crippen LogP contribution in [0.5, 0.6) is 5.75 Å². The van der Waals surface area contributed by atoms with Gasteiger partial charge in [-0.15, -0.1) is 0 Å². The first-order valence-corrected chi connectivity index (χ1v) is 5.20. The molecule has 1 rings (SSSR count). The van der Waals surface area contributed by atoms with Crippen LogP contribution >= 0.6 is 0 Å². The van der Waals surface area contributed by atoms with Crippen LogP contribution in [0.25, 0.3) is 0 Å². The lowest BCUT2D eigenvalue weighted by molar-refractivity contribution is -0.384. The molecule has 0 aromatic heterocycles. The van der Waals surface area contributed by atoms with E-state index in [1.165, 1.54) is 12.1 Å². The van der Waals surface area contributed by atoms with Crippen LogP contribution in [0, 0.1) is 10.1 Å². The Morgan fingerprint density at radius 1 is 1.56 bits per heavy atom. The van der Waals surface area contributed by atoms with E-state index in [1.807, 2.05) is 13.8 Å². The first-order valence-electron chi connectivity index (χ1n) is 5.20. The number of non-ortho nitro benzene ring substituents is 1. The summed E-state index contributed by atoms with van der Waals surface area (Å²) < 4.78 is 5.39. The molecule has 1 aromatic rings. The summed E-state index contributed by atoms with van der Waals surface area (Å²) in [5, 5.41) is 10.6. The molecular formula is C11H16N2O3. The van der Waals surface area contributed by atoms with Crippen molar-refractivity contribution in [3.63, 3.8) is 0 Å². The molecule has 88 valence electrons. The third-order valence-corrected chi connectivity index (χ3v) is 2.10. The Bertz CT molecular complexity index is 377. The number of hydrogen-bond acceptors (Lipinski definition) is 4. The van der Waals surface area contributed by atoms with Crippen LogP contribution in [0.2, 0.25) is 0 Å². The average Bonchev–Trinajstić information content (AvgIpc) is 2.19. The van der Waals surface area contributed by atoms with Crippen molar-refractivity contribution in [2.45, 2.75) is 26.3 Å². The second kappa shape index (κ2) is 5.46. The van der Waals surface area contributed by atoms with Crippen LogP contribution in [0.3, 0.4) is 0 Å². The summed E-state index contributed by atoms with van der Waals surface area (Å²) in [7, 11) is 0. The van der Waals surface area contributed by atoms with E-state index in [4.69, 9.17) is 10.5 Å². The Morgan fingerprint density at radius 3 is 2.75 bits per heavy atom. The minimum absolute atomic E-state index is 0.0544. The van der Waals surface area contributed by atoms with Crippen LogP contribution in [-0.2, 0) is 6.42 Å². The molecule has 0 heterocycles. The van der Waals surface area contributed by atoms with Gasteiger partial charge in [-0.1, -0.05) is 0 Å². The molecule has 0 amide bonds. The van der Waals surface area contributed by atoms with Crippen molar-refractivity contribution in [3.05, 3.63) is 33.9 Å². The van der Waals surface area contributed by atoms with Gasteiger partial charge in [-0.3, -0.25) is 10.1 Å². The lowest BCUT2D eigenvalue weighted by Gasteiger charge is -2.11. The lowest BCUT2D eigenvalue weighted by Crippen LogP contribution is -2.18. The molecule has 0 saturated carbocycles. The van der Waals surface area contributed by atoms with Gasteiger partial charge in [0.2, 0.25) is 0 Å². The Labute approximate surface area is 94.4 Å². The molecular weight excluding hydrogens is 208 g/mol. The second-order valence-electron chi connectivity index (χ2n) is 3.66. The fourth-order valence-electron chi connectivity index (χ4n) is 1.48. The molecule has 2 N–H and O–H groups in total. The molecule has 0 aliphatic rings. The quantitative estimate of drug-likeness (QED) is 0.611. The van der Waals surface area contributed by atoms with Gasteiger partial charge in [-0.05, 0) is 26.3 Å². The minimum atomic E-state index is -0.416. The van der Waals surface area contributed by atoms with E-state index in [-0.39, 0.29) is 11.7 Å². The normalized spacial score (nSPS) is 12.2. The molecule has 0 radical (unpaired) electrons. The summed E-state index contributed by atoms with van der Waals surface area (Å²) in [5.41, 5.74) is 6.54. The van der Waals surface area contributed by atoms with E-state index < -0.39 is 4.92 Å². The van der Waals surface area contributed by atoms with Gasteiger partial charge in [0.05, 0.1) is 11.5 Å². The molecule has 1 unspecified atom stereocenters. The first kappa shape index (κ1) is 12.4. The summed E-state index contributed by atoms with van der Waals surface area (Å²) in [6.45, 7) is 4.26. The van der Waals surface area contributed by atoms with E-state index in [0.717, 1.165) is 5.56 Å². The van der Waals surface area contributed by atoms with E-state index in [0.29, 0.717) is 18.8 Å². The van der Waals surface area contributed by atoms with Crippen LogP contribution in [0.15, 0.2) is 18.2 Å². The van der Waals surface area contributed by atoms with E-state index in [9.17, 15) is 10.1 Å². The van der Waals surface area contributed by atoms with Gasteiger partial charge >= 0.3 is 0 Å². The number of nitrogens with zero attached hydrogens (tertiary/aromatic N) is 1. The predicted octanol–water partition coefficient (Wildman–Crippen LogP) is 1.88. The van der Waals surface area contributed by atoms with E-state index in [1.54, 1.807) is 6.07 Å². The third-order valence-electron chi connectivity index (χ3n) is 2.10. The van der Waals surface area contributed by atoms with Crippen molar-refractivity contribution >= 4 is 5.69 Å². The largest absolute Gasteiger partial charge is 0.494 e. The van der Waals surface area contributed by atoms with Gasteiger partial charge in [-0.2, -0.15) is 0 Å². The topological polar surface area (TPSA) is 78.4 Å². The molecule has 16 heavy (non-hydrogen) atoms. The van der Waals surface area contributed by atoms with Gasteiger partial charge in [0.15, 0.2) is 0 Å². The molecule has 5 heteroatoms. The number of nitro benzene ring substituents is 1. The molecule has 0 bridgehead atoms. The number of hydrogen-bond donors (Lipinski definition) is 1. The predicted molar refractivity (Wildman–Crippen MR) is 61.6 cm³/mol. The van der Waals surface area contributed by atoms with Crippen molar-refractivity contribution in [2.24, 2.45) is 5.73 Å². The highest BCUT2D eigenvalue weighted by Gasteiger charge is 2.12. The van der Waals surface area contributed by atoms with Gasteiger partial charge in [-0.25, -0.2) is 0 Å². The Balaban J connectivity index is 3.05. The number of nitrogens with two attached hydrogens (primary N) is 1. The Morgan fingerprint density at radius 2 is 2.25 bits per heavy atom. The fourth-order valence-corrected chi connectivity index (χ4v) is 1.48. The van der Waals surface area contributed by atoms with Crippen molar-refractivity contribution in [1.29, 1.82) is 0 Å². The summed E-state index contributed by atoms with van der Waals surface area (Å²) in [6.07, 6.45) is 0.566. The highest BCUT2D eigenvalue weighted by atomic mass is 16.6. The highest BCUT2D eigenvalue weighted by Crippen LogP contribution is 2.25. The molecule has 0 aliphatic carbocycles. The van der Waals surface area contributed by atoms with Gasteiger partial charge < -0.3 is 10.5 Å². The number of benzene rings is 1. The van der Waals surface area contributed by atoms with Crippen LogP contribution in [0.1, 0.15) is 19.4 Å². The summed E-state index contributed by atoms with van der Waals surface area (Å²) >= 11 is 0. The zero-order valence-electron chi connectivity index (χ0n) is 9.47. The van der Waals surface area contributed by atoms with Crippen molar-refractivity contribution < 1.29 is 9.66 Å². The summed E-state index contributed by atoms with van der Waals surface area (Å²) in [5.74, 6) is 0.672. The number of rotatable bonds is 5. The van der Waals surface area contributed by atoms with Gasteiger partial charge in [0.1, 0.15) is 5.75 Å². The highest BCUT2D eigenvalue weighted by molar-refractivity contribution is 5.44. The standard InChI is InChI=1S/C11H16N2O3/c1-3-16-11-5-4-10(13(14)15)7-9(11)6-8(2)12/h4-5,7-8H,3,6,12H2,1-2H3. The van der Waals surface area contributed by atoms with E-state index in [2.05, 4.69) is 0 Å². The maximum atomic E-state index is 10.6. The SMILES string of the molecule is CCOc1ccc([N+](=O)[O-])cc1CC(C)N. The summed E-state index contributed by atoms with van der Waals surface area (Å²) in [6, 6.07) is 4.53. The average molecular weight is 224 g/mol. The minimum Gasteiger partial charge on any atom is -0.494 e. The Hall–Kier alpha value is -1.62. The molecule has 5 nitrogen and oxygen atoms in total. The Kier molecular flexibility index (Phi) is 4.25. The molecule has 1 aromatic carbocycles. The summed E-state index contributed by atoms with van der Waals surface area (Å²) in [4.78, 5) is 10.2. The van der Waals surface area contributed by atoms with Crippen molar-refractivity contribution in [2.75, 3.05) is 6.61 Å². The molecule has 0 spiro atoms.